The van der Waals surface area contributed by atoms with Crippen LogP contribution in [-0.4, -0.2) is 68.7 Å². The monoisotopic (exact) mass is 413 g/mol. The van der Waals surface area contributed by atoms with Gasteiger partial charge in [-0.05, 0) is 12.8 Å². The zero-order valence-corrected chi connectivity index (χ0v) is 16.4. The van der Waals surface area contributed by atoms with Crippen LogP contribution in [0.2, 0.25) is 0 Å². The van der Waals surface area contributed by atoms with Gasteiger partial charge in [-0.3, -0.25) is 9.69 Å². The predicted octanol–water partition coefficient (Wildman–Crippen LogP) is 1.40. The first-order valence-electron chi connectivity index (χ1n) is 9.40. The molecule has 1 aromatic rings. The van der Waals surface area contributed by atoms with Crippen molar-refractivity contribution in [3.63, 3.8) is 0 Å². The van der Waals surface area contributed by atoms with Crippen LogP contribution in [0.3, 0.4) is 0 Å². The Morgan fingerprint density at radius 2 is 1.97 bits per heavy atom. The van der Waals surface area contributed by atoms with Crippen molar-refractivity contribution in [1.29, 1.82) is 0 Å². The molecule has 0 aromatic heterocycles. The molecule has 10 heteroatoms. The number of carbonyl (C=O) groups is 2. The van der Waals surface area contributed by atoms with Gasteiger partial charge in [0, 0.05) is 39.3 Å². The lowest BCUT2D eigenvalue weighted by atomic mass is 9.92. The molecule has 2 saturated heterocycles. The number of ether oxygens (including phenoxy) is 2. The number of hydrogen-bond acceptors (Lipinski definition) is 6. The quantitative estimate of drug-likeness (QED) is 0.733. The van der Waals surface area contributed by atoms with E-state index in [1.54, 1.807) is 4.90 Å². The minimum atomic E-state index is -1.000. The number of rotatable bonds is 6. The minimum Gasteiger partial charge on any atom is -0.442 e. The number of carbonyl (C=O) groups excluding carboxylic acids is 2. The smallest absolute Gasteiger partial charge is 0.414 e. The van der Waals surface area contributed by atoms with Gasteiger partial charge in [-0.2, -0.15) is 0 Å². The number of nitrogens with one attached hydrogen (secondary N) is 1. The summed E-state index contributed by atoms with van der Waals surface area (Å²) in [7, 11) is 1.49. The third kappa shape index (κ3) is 4.76. The lowest BCUT2D eigenvalue weighted by Gasteiger charge is -2.39. The summed E-state index contributed by atoms with van der Waals surface area (Å²) in [6, 6.07) is 2.19. The average molecular weight is 413 g/mol. The van der Waals surface area contributed by atoms with Crippen LogP contribution in [-0.2, 0) is 14.3 Å². The number of aliphatic hydroxyl groups is 1. The highest BCUT2D eigenvalue weighted by molar-refractivity contribution is 5.90. The molecule has 2 N–H and O–H groups in total. The van der Waals surface area contributed by atoms with Crippen LogP contribution in [0.4, 0.5) is 25.0 Å². The Morgan fingerprint density at radius 1 is 1.34 bits per heavy atom. The summed E-state index contributed by atoms with van der Waals surface area (Å²) < 4.78 is 39.7. The van der Waals surface area contributed by atoms with Gasteiger partial charge in [-0.1, -0.05) is 0 Å². The Bertz CT molecular complexity index is 760. The van der Waals surface area contributed by atoms with E-state index in [1.807, 2.05) is 0 Å². The lowest BCUT2D eigenvalue weighted by Crippen LogP contribution is -2.47. The van der Waals surface area contributed by atoms with Crippen LogP contribution in [0.15, 0.2) is 12.1 Å². The number of halogens is 2. The van der Waals surface area contributed by atoms with E-state index in [1.165, 1.54) is 14.0 Å². The number of nitrogens with zero attached hydrogens (tertiary/aromatic N) is 2. The number of anilines is 2. The second-order valence-corrected chi connectivity index (χ2v) is 7.46. The van der Waals surface area contributed by atoms with Crippen molar-refractivity contribution in [3.05, 3.63) is 23.8 Å². The summed E-state index contributed by atoms with van der Waals surface area (Å²) in [5.41, 5.74) is -1.14. The summed E-state index contributed by atoms with van der Waals surface area (Å²) in [4.78, 5) is 25.7. The maximum atomic E-state index is 14.8. The average Bonchev–Trinajstić information content (AvgIpc) is 3.02. The summed E-state index contributed by atoms with van der Waals surface area (Å²) in [6.07, 6.45) is -0.678. The lowest BCUT2D eigenvalue weighted by molar-refractivity contribution is -0.119. The molecule has 29 heavy (non-hydrogen) atoms. The molecule has 3 rings (SSSR count). The topological polar surface area (TPSA) is 91.3 Å². The van der Waals surface area contributed by atoms with Crippen molar-refractivity contribution in [2.24, 2.45) is 0 Å². The minimum absolute atomic E-state index is 0.0481. The van der Waals surface area contributed by atoms with Gasteiger partial charge in [0.15, 0.2) is 11.6 Å². The first-order chi connectivity index (χ1) is 13.7. The first kappa shape index (κ1) is 21.3. The molecule has 0 spiro atoms. The number of cyclic esters (lactones) is 1. The molecular formula is C19H25F2N3O5. The summed E-state index contributed by atoms with van der Waals surface area (Å²) in [5, 5.41) is 12.9. The highest BCUT2D eigenvalue weighted by Gasteiger charge is 2.36. The number of piperidine rings is 1. The molecule has 0 unspecified atom stereocenters. The Kier molecular flexibility index (Phi) is 6.23. The maximum absolute atomic E-state index is 14.8. The Balaban J connectivity index is 1.72. The molecule has 2 aliphatic heterocycles. The fourth-order valence-corrected chi connectivity index (χ4v) is 3.67. The Hall–Kier alpha value is -2.46. The van der Waals surface area contributed by atoms with Crippen molar-refractivity contribution in [3.8, 4) is 0 Å². The normalized spacial score (nSPS) is 21.3. The van der Waals surface area contributed by atoms with Crippen LogP contribution in [0.25, 0.3) is 0 Å². The van der Waals surface area contributed by atoms with E-state index in [0.29, 0.717) is 12.8 Å². The summed E-state index contributed by atoms with van der Waals surface area (Å²) in [5.74, 6) is -1.86. The molecule has 1 aromatic carbocycles. The van der Waals surface area contributed by atoms with E-state index in [4.69, 9.17) is 9.47 Å². The first-order valence-corrected chi connectivity index (χ1v) is 9.40. The SMILES string of the molecule is COCC1(O)CCN(c2c(F)cc(N3C[C@H](CNC(C)=O)OC3=O)cc2F)CC1. The third-order valence-electron chi connectivity index (χ3n) is 5.19. The van der Waals surface area contributed by atoms with E-state index in [2.05, 4.69) is 5.32 Å². The van der Waals surface area contributed by atoms with Crippen molar-refractivity contribution in [2.45, 2.75) is 31.5 Å². The standard InChI is InChI=1S/C19H25F2N3O5/c1-12(25)22-9-14-10-24(18(26)29-14)13-7-15(20)17(16(21)8-13)23-5-3-19(27,4-6-23)11-28-2/h7-8,14,27H,3-6,9-11H2,1-2H3,(H,22,25)/t14-/m0/s1. The van der Waals surface area contributed by atoms with Crippen LogP contribution >= 0.6 is 0 Å². The van der Waals surface area contributed by atoms with E-state index in [0.717, 1.165) is 17.0 Å². The van der Waals surface area contributed by atoms with Crippen molar-refractivity contribution < 1.29 is 33.0 Å². The Morgan fingerprint density at radius 3 is 2.52 bits per heavy atom. The fourth-order valence-electron chi connectivity index (χ4n) is 3.67. The van der Waals surface area contributed by atoms with E-state index in [-0.39, 0.29) is 50.1 Å². The summed E-state index contributed by atoms with van der Waals surface area (Å²) >= 11 is 0. The molecule has 0 radical (unpaired) electrons. The van der Waals surface area contributed by atoms with Crippen LogP contribution in [0.5, 0.6) is 0 Å². The molecule has 1 atom stereocenters. The Labute approximate surface area is 167 Å². The maximum Gasteiger partial charge on any atom is 0.414 e. The number of amides is 2. The second kappa shape index (κ2) is 8.50. The fraction of sp³-hybridized carbons (Fsp3) is 0.579. The van der Waals surface area contributed by atoms with Crippen molar-refractivity contribution in [1.82, 2.24) is 5.32 Å². The van der Waals surface area contributed by atoms with Gasteiger partial charge in [0.25, 0.3) is 0 Å². The number of methoxy groups -OCH3 is 1. The molecule has 160 valence electrons. The molecule has 2 amide bonds. The van der Waals surface area contributed by atoms with Gasteiger partial charge in [-0.25, -0.2) is 13.6 Å². The molecular weight excluding hydrogens is 388 g/mol. The molecule has 2 heterocycles. The van der Waals surface area contributed by atoms with Gasteiger partial charge in [0.05, 0.1) is 31.0 Å². The molecule has 2 fully saturated rings. The van der Waals surface area contributed by atoms with E-state index in [9.17, 15) is 23.5 Å². The molecule has 8 nitrogen and oxygen atoms in total. The van der Waals surface area contributed by atoms with Gasteiger partial charge in [0.2, 0.25) is 5.91 Å². The number of hydrogen-bond donors (Lipinski definition) is 2. The highest BCUT2D eigenvalue weighted by atomic mass is 19.1. The van der Waals surface area contributed by atoms with Gasteiger partial charge in [-0.15, -0.1) is 0 Å². The van der Waals surface area contributed by atoms with Gasteiger partial charge in [0.1, 0.15) is 11.8 Å². The highest BCUT2D eigenvalue weighted by Crippen LogP contribution is 2.34. The zero-order chi connectivity index (χ0) is 21.2. The van der Waals surface area contributed by atoms with Gasteiger partial charge >= 0.3 is 6.09 Å². The second-order valence-electron chi connectivity index (χ2n) is 7.46. The third-order valence-corrected chi connectivity index (χ3v) is 5.19. The zero-order valence-electron chi connectivity index (χ0n) is 16.4. The van der Waals surface area contributed by atoms with Crippen molar-refractivity contribution in [2.75, 3.05) is 49.7 Å². The molecule has 0 aliphatic carbocycles. The van der Waals surface area contributed by atoms with Crippen LogP contribution < -0.4 is 15.1 Å². The molecule has 2 aliphatic rings. The summed E-state index contributed by atoms with van der Waals surface area (Å²) in [6.45, 7) is 2.26. The molecule has 0 bridgehead atoms. The van der Waals surface area contributed by atoms with E-state index >= 15 is 0 Å². The van der Waals surface area contributed by atoms with E-state index < -0.39 is 29.4 Å². The van der Waals surface area contributed by atoms with Crippen molar-refractivity contribution >= 4 is 23.4 Å². The predicted molar refractivity (Wildman–Crippen MR) is 101 cm³/mol. The largest absolute Gasteiger partial charge is 0.442 e. The van der Waals surface area contributed by atoms with Crippen LogP contribution in [0.1, 0.15) is 19.8 Å². The van der Waals surface area contributed by atoms with Gasteiger partial charge < -0.3 is 24.8 Å². The number of benzene rings is 1. The molecule has 0 saturated carbocycles. The van der Waals surface area contributed by atoms with Crippen LogP contribution in [0, 0.1) is 11.6 Å².